The van der Waals surface area contributed by atoms with Crippen LogP contribution >= 0.6 is 35.3 Å². The van der Waals surface area contributed by atoms with E-state index in [2.05, 4.69) is 44.8 Å². The van der Waals surface area contributed by atoms with Gasteiger partial charge in [0.2, 0.25) is 0 Å². The maximum atomic E-state index is 4.33. The molecule has 0 fully saturated rings. The first kappa shape index (κ1) is 18.9. The molecule has 0 bridgehead atoms. The van der Waals surface area contributed by atoms with E-state index in [0.717, 1.165) is 18.3 Å². The van der Waals surface area contributed by atoms with Gasteiger partial charge >= 0.3 is 0 Å². The van der Waals surface area contributed by atoms with Gasteiger partial charge in [-0.1, -0.05) is 13.0 Å². The molecule has 0 aliphatic rings. The van der Waals surface area contributed by atoms with E-state index in [1.54, 1.807) is 29.4 Å². The van der Waals surface area contributed by atoms with Crippen LogP contribution in [0.4, 0.5) is 0 Å². The maximum absolute atomic E-state index is 4.33. The number of guanidine groups is 1. The number of nitrogens with one attached hydrogen (secondary N) is 1. The van der Waals surface area contributed by atoms with E-state index in [9.17, 15) is 0 Å². The van der Waals surface area contributed by atoms with E-state index in [1.807, 2.05) is 19.0 Å². The van der Waals surface area contributed by atoms with Crippen LogP contribution in [0, 0.1) is 0 Å². The fourth-order valence-electron chi connectivity index (χ4n) is 2.05. The predicted molar refractivity (Wildman–Crippen MR) is 102 cm³/mol. The average Bonchev–Trinajstić information content (AvgIpc) is 3.12. The zero-order chi connectivity index (χ0) is 15.2. The molecule has 2 rings (SSSR count). The molecular weight excluding hydrogens is 411 g/mol. The van der Waals surface area contributed by atoms with Crippen molar-refractivity contribution in [2.75, 3.05) is 20.6 Å². The van der Waals surface area contributed by atoms with Crippen LogP contribution in [-0.4, -0.2) is 46.3 Å². The number of hydrogen-bond donors (Lipinski definition) is 1. The van der Waals surface area contributed by atoms with Crippen LogP contribution < -0.4 is 5.32 Å². The van der Waals surface area contributed by atoms with Crippen molar-refractivity contribution in [3.63, 3.8) is 0 Å². The van der Waals surface area contributed by atoms with Crippen molar-refractivity contribution in [1.82, 2.24) is 25.0 Å². The van der Waals surface area contributed by atoms with E-state index in [-0.39, 0.29) is 24.0 Å². The lowest BCUT2D eigenvalue weighted by molar-refractivity contribution is 0.446. The van der Waals surface area contributed by atoms with E-state index in [1.165, 1.54) is 4.88 Å². The summed E-state index contributed by atoms with van der Waals surface area (Å²) in [6.07, 6.45) is 1.57. The van der Waals surface area contributed by atoms with Crippen LogP contribution in [0.5, 0.6) is 0 Å². The average molecular weight is 434 g/mol. The summed E-state index contributed by atoms with van der Waals surface area (Å²) in [6.45, 7) is 3.74. The fraction of sp³-hybridized carbons (Fsp3) is 0.500. The summed E-state index contributed by atoms with van der Waals surface area (Å²) in [5, 5.41) is 9.61. The van der Waals surface area contributed by atoms with Gasteiger partial charge in [0.1, 0.15) is 12.2 Å². The smallest absolute Gasteiger partial charge is 0.193 e. The van der Waals surface area contributed by atoms with Gasteiger partial charge in [-0.15, -0.1) is 35.3 Å². The second-order valence-electron chi connectivity index (χ2n) is 5.00. The molecule has 1 atom stereocenters. The van der Waals surface area contributed by atoms with Gasteiger partial charge in [0.25, 0.3) is 0 Å². The third kappa shape index (κ3) is 4.94. The monoisotopic (exact) mass is 434 g/mol. The van der Waals surface area contributed by atoms with Gasteiger partial charge in [-0.3, -0.25) is 9.67 Å². The molecule has 0 saturated carbocycles. The highest BCUT2D eigenvalue weighted by Gasteiger charge is 2.12. The Morgan fingerprint density at radius 1 is 1.55 bits per heavy atom. The first-order valence-electron chi connectivity index (χ1n) is 6.90. The van der Waals surface area contributed by atoms with Crippen molar-refractivity contribution in [3.8, 4) is 0 Å². The second kappa shape index (κ2) is 9.09. The Balaban J connectivity index is 0.00000242. The third-order valence-electron chi connectivity index (χ3n) is 3.35. The highest BCUT2D eigenvalue weighted by atomic mass is 127. The predicted octanol–water partition coefficient (Wildman–Crippen LogP) is 2.31. The number of hydrogen-bond acceptors (Lipinski definition) is 4. The van der Waals surface area contributed by atoms with Gasteiger partial charge in [0, 0.05) is 38.5 Å². The Labute approximate surface area is 152 Å². The normalized spacial score (nSPS) is 12.6. The lowest BCUT2D eigenvalue weighted by atomic mass is 10.1. The van der Waals surface area contributed by atoms with Gasteiger partial charge in [-0.25, -0.2) is 4.98 Å². The molecule has 22 heavy (non-hydrogen) atoms. The van der Waals surface area contributed by atoms with Crippen molar-refractivity contribution < 1.29 is 0 Å². The first-order chi connectivity index (χ1) is 10.1. The Morgan fingerprint density at radius 2 is 2.32 bits per heavy atom. The van der Waals surface area contributed by atoms with Crippen molar-refractivity contribution in [2.45, 2.75) is 19.4 Å². The third-order valence-corrected chi connectivity index (χ3v) is 4.46. The lowest BCUT2D eigenvalue weighted by Crippen LogP contribution is -2.40. The molecule has 0 radical (unpaired) electrons. The Hall–Kier alpha value is -1.16. The van der Waals surface area contributed by atoms with Crippen molar-refractivity contribution in [3.05, 3.63) is 34.5 Å². The highest BCUT2D eigenvalue weighted by molar-refractivity contribution is 14.0. The standard InChI is InChI=1S/C14H22N6S.HI/c1-11(12-6-5-7-21-12)8-16-14(15-2)19(3)9-13-17-10-18-20(13)4;/h5-7,10-11H,8-9H2,1-4H3,(H,15,16);1H. The maximum Gasteiger partial charge on any atom is 0.193 e. The van der Waals surface area contributed by atoms with Gasteiger partial charge in [-0.2, -0.15) is 5.10 Å². The molecule has 1 unspecified atom stereocenters. The fourth-order valence-corrected chi connectivity index (χ4v) is 2.84. The van der Waals surface area contributed by atoms with Gasteiger partial charge in [-0.05, 0) is 11.4 Å². The van der Waals surface area contributed by atoms with E-state index >= 15 is 0 Å². The minimum atomic E-state index is 0. The molecule has 122 valence electrons. The van der Waals surface area contributed by atoms with Crippen LogP contribution in [0.1, 0.15) is 23.5 Å². The van der Waals surface area contributed by atoms with Crippen LogP contribution in [0.3, 0.4) is 0 Å². The van der Waals surface area contributed by atoms with Crippen molar-refractivity contribution in [1.29, 1.82) is 0 Å². The molecule has 8 heteroatoms. The number of aliphatic imine (C=N–C) groups is 1. The molecule has 0 amide bonds. The molecule has 0 aromatic carbocycles. The number of halogens is 1. The molecule has 0 aliphatic heterocycles. The Morgan fingerprint density at radius 3 is 2.86 bits per heavy atom. The number of rotatable bonds is 5. The SMILES string of the molecule is CN=C(NCC(C)c1cccs1)N(C)Cc1ncnn1C.I. The summed E-state index contributed by atoms with van der Waals surface area (Å²) >= 11 is 1.79. The largest absolute Gasteiger partial charge is 0.356 e. The molecule has 1 N–H and O–H groups in total. The van der Waals surface area contributed by atoms with Crippen LogP contribution in [0.25, 0.3) is 0 Å². The van der Waals surface area contributed by atoms with E-state index in [0.29, 0.717) is 12.5 Å². The van der Waals surface area contributed by atoms with Gasteiger partial charge in [0.05, 0.1) is 6.54 Å². The summed E-state index contributed by atoms with van der Waals surface area (Å²) in [6, 6.07) is 4.26. The number of thiophene rings is 1. The second-order valence-corrected chi connectivity index (χ2v) is 5.98. The van der Waals surface area contributed by atoms with Crippen LogP contribution in [-0.2, 0) is 13.6 Å². The number of aromatic nitrogens is 3. The van der Waals surface area contributed by atoms with Crippen LogP contribution in [0.15, 0.2) is 28.8 Å². The summed E-state index contributed by atoms with van der Waals surface area (Å²) in [7, 11) is 5.69. The minimum absolute atomic E-state index is 0. The van der Waals surface area contributed by atoms with E-state index < -0.39 is 0 Å². The Kier molecular flexibility index (Phi) is 7.80. The van der Waals surface area contributed by atoms with Gasteiger partial charge < -0.3 is 10.2 Å². The topological polar surface area (TPSA) is 58.3 Å². The minimum Gasteiger partial charge on any atom is -0.356 e. The number of aryl methyl sites for hydroxylation is 1. The zero-order valence-corrected chi connectivity index (χ0v) is 16.5. The van der Waals surface area contributed by atoms with Gasteiger partial charge in [0.15, 0.2) is 5.96 Å². The molecule has 2 heterocycles. The zero-order valence-electron chi connectivity index (χ0n) is 13.4. The summed E-state index contributed by atoms with van der Waals surface area (Å²) in [4.78, 5) is 12.0. The number of nitrogens with zero attached hydrogens (tertiary/aromatic N) is 5. The van der Waals surface area contributed by atoms with E-state index in [4.69, 9.17) is 0 Å². The summed E-state index contributed by atoms with van der Waals surface area (Å²) in [5.74, 6) is 2.23. The lowest BCUT2D eigenvalue weighted by Gasteiger charge is -2.22. The molecule has 0 spiro atoms. The molecule has 2 aromatic rings. The Bertz CT molecular complexity index is 580. The quantitative estimate of drug-likeness (QED) is 0.446. The molecule has 0 aliphatic carbocycles. The molecular formula is C14H23IN6S. The first-order valence-corrected chi connectivity index (χ1v) is 7.77. The molecule has 6 nitrogen and oxygen atoms in total. The summed E-state index contributed by atoms with van der Waals surface area (Å²) in [5.41, 5.74) is 0. The van der Waals surface area contributed by atoms with Crippen molar-refractivity contribution in [2.24, 2.45) is 12.0 Å². The highest BCUT2D eigenvalue weighted by Crippen LogP contribution is 2.19. The summed E-state index contributed by atoms with van der Waals surface area (Å²) < 4.78 is 1.78. The van der Waals surface area contributed by atoms with Crippen LogP contribution in [0.2, 0.25) is 0 Å². The van der Waals surface area contributed by atoms with Crippen molar-refractivity contribution >= 4 is 41.3 Å². The molecule has 0 saturated heterocycles. The molecule has 2 aromatic heterocycles.